The Kier molecular flexibility index (Phi) is 7.19. The molecule has 0 spiro atoms. The zero-order valence-corrected chi connectivity index (χ0v) is 17.1. The van der Waals surface area contributed by atoms with Gasteiger partial charge in [0.15, 0.2) is 0 Å². The fourth-order valence-electron chi connectivity index (χ4n) is 3.44. The number of pyridine rings is 1. The fraction of sp³-hybridized carbons (Fsp3) is 0.409. The van der Waals surface area contributed by atoms with Crippen molar-refractivity contribution in [3.63, 3.8) is 0 Å². The van der Waals surface area contributed by atoms with E-state index in [-0.39, 0.29) is 18.0 Å². The molecule has 0 unspecified atom stereocenters. The lowest BCUT2D eigenvalue weighted by Gasteiger charge is -2.32. The molecule has 1 fully saturated rings. The highest BCUT2D eigenvalue weighted by Crippen LogP contribution is 2.08. The first-order chi connectivity index (χ1) is 14.0. The van der Waals surface area contributed by atoms with Crippen LogP contribution in [0.2, 0.25) is 0 Å². The second-order valence-electron chi connectivity index (χ2n) is 7.75. The number of carbonyl (C=O) groups is 2. The molecule has 29 heavy (non-hydrogen) atoms. The lowest BCUT2D eigenvalue weighted by atomic mass is 10.1. The monoisotopic (exact) mass is 396 g/mol. The molecule has 1 aromatic carbocycles. The molecule has 1 aliphatic heterocycles. The van der Waals surface area contributed by atoms with Crippen molar-refractivity contribution in [2.75, 3.05) is 26.2 Å². The Morgan fingerprint density at radius 1 is 1.03 bits per heavy atom. The van der Waals surface area contributed by atoms with E-state index in [9.17, 15) is 9.59 Å². The lowest BCUT2D eigenvalue weighted by Crippen LogP contribution is -3.13. The van der Waals surface area contributed by atoms with Gasteiger partial charge in [0.25, 0.3) is 5.91 Å². The first kappa shape index (κ1) is 20.8. The third-order valence-corrected chi connectivity index (χ3v) is 5.03. The molecule has 1 saturated heterocycles. The van der Waals surface area contributed by atoms with Gasteiger partial charge in [0.2, 0.25) is 0 Å². The summed E-state index contributed by atoms with van der Waals surface area (Å²) in [6.45, 7) is 8.65. The van der Waals surface area contributed by atoms with Gasteiger partial charge in [-0.2, -0.15) is 0 Å². The van der Waals surface area contributed by atoms with Crippen molar-refractivity contribution in [1.82, 2.24) is 20.5 Å². The first-order valence-corrected chi connectivity index (χ1v) is 10.2. The maximum Gasteiger partial charge on any atom is 0.315 e. The average Bonchev–Trinajstić information content (AvgIpc) is 2.73. The van der Waals surface area contributed by atoms with E-state index in [4.69, 9.17) is 0 Å². The minimum Gasteiger partial charge on any atom is -0.336 e. The van der Waals surface area contributed by atoms with Gasteiger partial charge in [0.05, 0.1) is 26.2 Å². The van der Waals surface area contributed by atoms with Crippen LogP contribution in [0.25, 0.3) is 0 Å². The number of quaternary nitrogens is 1. The smallest absolute Gasteiger partial charge is 0.315 e. The molecule has 3 amide bonds. The second-order valence-corrected chi connectivity index (χ2v) is 7.75. The molecule has 2 heterocycles. The van der Waals surface area contributed by atoms with E-state index < -0.39 is 0 Å². The summed E-state index contributed by atoms with van der Waals surface area (Å²) >= 11 is 0. The molecule has 0 saturated carbocycles. The van der Waals surface area contributed by atoms with Gasteiger partial charge in [0, 0.05) is 36.1 Å². The van der Waals surface area contributed by atoms with Crippen molar-refractivity contribution in [2.45, 2.75) is 33.0 Å². The molecular weight excluding hydrogens is 366 g/mol. The molecule has 0 bridgehead atoms. The molecule has 1 aliphatic rings. The number of rotatable bonds is 6. The van der Waals surface area contributed by atoms with Gasteiger partial charge in [0.1, 0.15) is 6.54 Å². The fourth-order valence-corrected chi connectivity index (χ4v) is 3.44. The van der Waals surface area contributed by atoms with Crippen molar-refractivity contribution < 1.29 is 14.5 Å². The Morgan fingerprint density at radius 2 is 1.69 bits per heavy atom. The zero-order chi connectivity index (χ0) is 20.6. The summed E-state index contributed by atoms with van der Waals surface area (Å²) in [4.78, 5) is 31.9. The summed E-state index contributed by atoms with van der Waals surface area (Å²) in [5.41, 5.74) is 2.94. The van der Waals surface area contributed by atoms with Gasteiger partial charge in [-0.25, -0.2) is 4.79 Å². The van der Waals surface area contributed by atoms with Crippen LogP contribution in [0.15, 0.2) is 48.8 Å². The summed E-state index contributed by atoms with van der Waals surface area (Å²) < 4.78 is 0. The summed E-state index contributed by atoms with van der Waals surface area (Å²) in [6, 6.07) is 11.5. The van der Waals surface area contributed by atoms with E-state index in [0.717, 1.165) is 38.3 Å². The predicted molar refractivity (Wildman–Crippen MR) is 111 cm³/mol. The van der Waals surface area contributed by atoms with Crippen molar-refractivity contribution in [3.8, 4) is 0 Å². The molecule has 7 nitrogen and oxygen atoms in total. The van der Waals surface area contributed by atoms with Gasteiger partial charge in [-0.15, -0.1) is 0 Å². The van der Waals surface area contributed by atoms with Crippen LogP contribution in [0.5, 0.6) is 0 Å². The van der Waals surface area contributed by atoms with Crippen LogP contribution < -0.4 is 15.5 Å². The summed E-state index contributed by atoms with van der Waals surface area (Å²) in [5.74, 6) is 0.0741. The Balaban J connectivity index is 1.46. The van der Waals surface area contributed by atoms with E-state index in [2.05, 4.69) is 15.6 Å². The number of carbonyl (C=O) groups excluding carboxylic acids is 2. The summed E-state index contributed by atoms with van der Waals surface area (Å²) in [5, 5.41) is 5.60. The van der Waals surface area contributed by atoms with Gasteiger partial charge >= 0.3 is 6.03 Å². The number of benzene rings is 1. The average molecular weight is 397 g/mol. The Morgan fingerprint density at radius 3 is 2.31 bits per heavy atom. The van der Waals surface area contributed by atoms with Crippen LogP contribution in [0.1, 0.15) is 35.3 Å². The van der Waals surface area contributed by atoms with Crippen LogP contribution in [0.3, 0.4) is 0 Å². The molecule has 3 rings (SSSR count). The number of amides is 3. The third-order valence-electron chi connectivity index (χ3n) is 5.03. The second kappa shape index (κ2) is 10.0. The van der Waals surface area contributed by atoms with E-state index in [1.165, 1.54) is 10.5 Å². The van der Waals surface area contributed by atoms with Crippen LogP contribution in [0.4, 0.5) is 4.79 Å². The van der Waals surface area contributed by atoms with E-state index in [1.54, 1.807) is 0 Å². The van der Waals surface area contributed by atoms with Crippen molar-refractivity contribution in [3.05, 3.63) is 65.5 Å². The van der Waals surface area contributed by atoms with E-state index in [1.807, 2.05) is 67.5 Å². The Hall–Kier alpha value is -2.93. The number of nitrogens with one attached hydrogen (secondary N) is 3. The van der Waals surface area contributed by atoms with Crippen molar-refractivity contribution >= 4 is 11.9 Å². The SMILES string of the molecule is CC(C)NC(=O)NCc1ccc(C(=O)N2CC[NH+](Cc3ccncc3)CC2)cc1. The molecule has 154 valence electrons. The highest BCUT2D eigenvalue weighted by molar-refractivity contribution is 5.94. The Bertz CT molecular complexity index is 800. The molecule has 3 N–H and O–H groups in total. The normalized spacial score (nSPS) is 14.7. The highest BCUT2D eigenvalue weighted by atomic mass is 16.2. The number of hydrogen-bond donors (Lipinski definition) is 3. The number of hydrogen-bond acceptors (Lipinski definition) is 3. The highest BCUT2D eigenvalue weighted by Gasteiger charge is 2.24. The number of urea groups is 1. The largest absolute Gasteiger partial charge is 0.336 e. The number of nitrogens with zero attached hydrogens (tertiary/aromatic N) is 2. The molecule has 7 heteroatoms. The van der Waals surface area contributed by atoms with Crippen molar-refractivity contribution in [2.24, 2.45) is 0 Å². The first-order valence-electron chi connectivity index (χ1n) is 10.2. The molecule has 2 aromatic rings. The quantitative estimate of drug-likeness (QED) is 0.677. The molecule has 0 radical (unpaired) electrons. The minimum absolute atomic E-state index is 0.0741. The minimum atomic E-state index is -0.188. The van der Waals surface area contributed by atoms with E-state index in [0.29, 0.717) is 12.1 Å². The number of aromatic nitrogens is 1. The molecular formula is C22H30N5O2+. The maximum atomic E-state index is 12.8. The van der Waals surface area contributed by atoms with Crippen LogP contribution >= 0.6 is 0 Å². The summed E-state index contributed by atoms with van der Waals surface area (Å²) in [7, 11) is 0. The third kappa shape index (κ3) is 6.29. The van der Waals surface area contributed by atoms with Gasteiger partial charge in [-0.1, -0.05) is 12.1 Å². The maximum absolute atomic E-state index is 12.8. The Labute approximate surface area is 172 Å². The summed E-state index contributed by atoms with van der Waals surface area (Å²) in [6.07, 6.45) is 3.65. The predicted octanol–water partition coefficient (Wildman–Crippen LogP) is 0.830. The van der Waals surface area contributed by atoms with E-state index >= 15 is 0 Å². The standard InChI is InChI=1S/C22H29N5O2/c1-17(2)25-22(29)24-15-18-3-5-20(6-4-18)21(28)27-13-11-26(12-14-27)16-19-7-9-23-10-8-19/h3-10,17H,11-16H2,1-2H3,(H2,24,25,29)/p+1. The lowest BCUT2D eigenvalue weighted by molar-refractivity contribution is -0.917. The molecule has 1 aromatic heterocycles. The van der Waals surface area contributed by atoms with Crippen LogP contribution in [-0.2, 0) is 13.1 Å². The zero-order valence-electron chi connectivity index (χ0n) is 17.1. The molecule has 0 aliphatic carbocycles. The van der Waals surface area contributed by atoms with Gasteiger partial charge < -0.3 is 20.4 Å². The van der Waals surface area contributed by atoms with Gasteiger partial charge in [-0.05, 0) is 43.7 Å². The van der Waals surface area contributed by atoms with Crippen molar-refractivity contribution in [1.29, 1.82) is 0 Å². The van der Waals surface area contributed by atoms with Gasteiger partial charge in [-0.3, -0.25) is 9.78 Å². The molecule has 0 atom stereocenters. The topological polar surface area (TPSA) is 78.8 Å². The number of piperazine rings is 1. The van der Waals surface area contributed by atoms with Crippen LogP contribution in [-0.4, -0.2) is 54.0 Å². The van der Waals surface area contributed by atoms with Crippen LogP contribution in [0, 0.1) is 0 Å².